The molecule has 41 heavy (non-hydrogen) atoms. The number of esters is 1. The molecule has 1 aliphatic rings. The summed E-state index contributed by atoms with van der Waals surface area (Å²) in [7, 11) is 0. The number of hydrogen-bond acceptors (Lipinski definition) is 5. The van der Waals surface area contributed by atoms with Crippen molar-refractivity contribution in [2.45, 2.75) is 51.0 Å². The quantitative estimate of drug-likeness (QED) is 0.224. The molecule has 0 bridgehead atoms. The van der Waals surface area contributed by atoms with Gasteiger partial charge in [-0.1, -0.05) is 109 Å². The van der Waals surface area contributed by atoms with E-state index in [9.17, 15) is 9.59 Å². The van der Waals surface area contributed by atoms with Crippen molar-refractivity contribution in [2.75, 3.05) is 6.61 Å². The maximum absolute atomic E-state index is 13.6. The molecule has 0 saturated carbocycles. The van der Waals surface area contributed by atoms with Gasteiger partial charge in [0.15, 0.2) is 6.04 Å². The van der Waals surface area contributed by atoms with Gasteiger partial charge in [0.2, 0.25) is 0 Å². The number of ether oxygens (including phenoxy) is 3. The van der Waals surface area contributed by atoms with Crippen LogP contribution in [-0.2, 0) is 25.6 Å². The predicted molar refractivity (Wildman–Crippen MR) is 158 cm³/mol. The third kappa shape index (κ3) is 6.84. The van der Waals surface area contributed by atoms with E-state index in [1.165, 1.54) is 0 Å². The fraction of sp³-hybridized carbons (Fsp3) is 0.257. The van der Waals surface area contributed by atoms with Crippen molar-refractivity contribution in [1.82, 2.24) is 5.32 Å². The van der Waals surface area contributed by atoms with E-state index >= 15 is 0 Å². The van der Waals surface area contributed by atoms with Crippen molar-refractivity contribution in [3.63, 3.8) is 0 Å². The Hall–Kier alpha value is -4.42. The number of nitrogens with one attached hydrogen (secondary N) is 1. The number of rotatable bonds is 9. The van der Waals surface area contributed by atoms with Crippen LogP contribution in [0.25, 0.3) is 11.1 Å². The van der Waals surface area contributed by atoms with E-state index < -0.39 is 29.8 Å². The second-order valence-electron chi connectivity index (χ2n) is 11.1. The van der Waals surface area contributed by atoms with Crippen molar-refractivity contribution in [2.24, 2.45) is 0 Å². The van der Waals surface area contributed by atoms with Crippen LogP contribution in [0.1, 0.15) is 55.0 Å². The van der Waals surface area contributed by atoms with Gasteiger partial charge in [0.05, 0.1) is 5.60 Å². The summed E-state index contributed by atoms with van der Waals surface area (Å²) in [5.74, 6) is -0.715. The topological polar surface area (TPSA) is 73.9 Å². The first kappa shape index (κ1) is 28.1. The molecule has 1 amide bonds. The Labute approximate surface area is 241 Å². The Bertz CT molecular complexity index is 1430. The lowest BCUT2D eigenvalue weighted by Gasteiger charge is -2.32. The van der Waals surface area contributed by atoms with Gasteiger partial charge in [-0.3, -0.25) is 0 Å². The number of carbonyl (C=O) groups excluding carboxylic acids is 2. The van der Waals surface area contributed by atoms with Gasteiger partial charge in [0.1, 0.15) is 19.3 Å². The van der Waals surface area contributed by atoms with Gasteiger partial charge in [-0.25, -0.2) is 9.59 Å². The zero-order valence-corrected chi connectivity index (χ0v) is 23.6. The maximum atomic E-state index is 13.6. The fourth-order valence-electron chi connectivity index (χ4n) is 5.20. The molecular formula is C35H35NO5. The highest BCUT2D eigenvalue weighted by molar-refractivity contribution is 5.83. The summed E-state index contributed by atoms with van der Waals surface area (Å²) in [5.41, 5.74) is 5.47. The number of amides is 1. The highest BCUT2D eigenvalue weighted by Gasteiger charge is 2.37. The zero-order valence-electron chi connectivity index (χ0n) is 23.6. The summed E-state index contributed by atoms with van der Waals surface area (Å²) in [6.45, 7) is 5.91. The summed E-state index contributed by atoms with van der Waals surface area (Å²) in [5, 5.41) is 2.79. The van der Waals surface area contributed by atoms with Gasteiger partial charge in [0, 0.05) is 5.92 Å². The van der Waals surface area contributed by atoms with Crippen molar-refractivity contribution in [3.8, 4) is 11.1 Å². The highest BCUT2D eigenvalue weighted by Crippen LogP contribution is 2.44. The van der Waals surface area contributed by atoms with E-state index in [2.05, 4.69) is 29.6 Å². The molecule has 210 valence electrons. The minimum absolute atomic E-state index is 0.0690. The van der Waals surface area contributed by atoms with Crippen LogP contribution < -0.4 is 5.32 Å². The second kappa shape index (κ2) is 12.4. The summed E-state index contributed by atoms with van der Waals surface area (Å²) < 4.78 is 17.8. The van der Waals surface area contributed by atoms with Crippen LogP contribution in [0.3, 0.4) is 0 Å². The second-order valence-corrected chi connectivity index (χ2v) is 11.1. The number of fused-ring (bicyclic) bond motifs is 3. The highest BCUT2D eigenvalue weighted by atomic mass is 16.6. The van der Waals surface area contributed by atoms with Gasteiger partial charge in [-0.2, -0.15) is 0 Å². The van der Waals surface area contributed by atoms with Gasteiger partial charge >= 0.3 is 12.1 Å². The molecule has 0 heterocycles. The lowest BCUT2D eigenvalue weighted by atomic mass is 9.98. The molecule has 4 aromatic carbocycles. The summed E-state index contributed by atoms with van der Waals surface area (Å²) in [6, 6.07) is 33.9. The maximum Gasteiger partial charge on any atom is 0.407 e. The van der Waals surface area contributed by atoms with Crippen LogP contribution in [0.4, 0.5) is 4.79 Å². The van der Waals surface area contributed by atoms with Gasteiger partial charge in [-0.05, 0) is 54.2 Å². The average Bonchev–Trinajstić information content (AvgIpc) is 3.30. The van der Waals surface area contributed by atoms with E-state index in [1.54, 1.807) is 0 Å². The number of alkyl carbamates (subject to hydrolysis) is 1. The van der Waals surface area contributed by atoms with Crippen LogP contribution in [0.5, 0.6) is 0 Å². The molecular weight excluding hydrogens is 514 g/mol. The average molecular weight is 550 g/mol. The van der Waals surface area contributed by atoms with Crippen molar-refractivity contribution < 1.29 is 23.8 Å². The van der Waals surface area contributed by atoms with Gasteiger partial charge in [0.25, 0.3) is 0 Å². The Kier molecular flexibility index (Phi) is 8.50. The van der Waals surface area contributed by atoms with E-state index in [4.69, 9.17) is 14.2 Å². The van der Waals surface area contributed by atoms with Crippen LogP contribution in [0.2, 0.25) is 0 Å². The molecule has 0 aromatic heterocycles. The molecule has 0 saturated heterocycles. The summed E-state index contributed by atoms with van der Waals surface area (Å²) >= 11 is 0. The first-order chi connectivity index (χ1) is 19.8. The van der Waals surface area contributed by atoms with E-state index in [0.717, 1.165) is 33.4 Å². The molecule has 6 heteroatoms. The fourth-order valence-corrected chi connectivity index (χ4v) is 5.20. The lowest BCUT2D eigenvalue weighted by Crippen LogP contribution is -2.48. The van der Waals surface area contributed by atoms with Crippen LogP contribution in [0, 0.1) is 0 Å². The van der Waals surface area contributed by atoms with Crippen molar-refractivity contribution >= 4 is 12.1 Å². The third-order valence-corrected chi connectivity index (χ3v) is 7.01. The summed E-state index contributed by atoms with van der Waals surface area (Å²) in [4.78, 5) is 26.9. The van der Waals surface area contributed by atoms with E-state index in [0.29, 0.717) is 0 Å². The molecule has 1 aliphatic carbocycles. The Morgan fingerprint density at radius 3 is 1.85 bits per heavy atom. The first-order valence-corrected chi connectivity index (χ1v) is 13.8. The number of benzene rings is 4. The molecule has 0 aliphatic heterocycles. The number of carbonyl (C=O) groups is 2. The minimum Gasteiger partial charge on any atom is -0.459 e. The van der Waals surface area contributed by atoms with E-state index in [1.807, 2.05) is 106 Å². The number of hydrogen-bond donors (Lipinski definition) is 1. The molecule has 1 N–H and O–H groups in total. The normalized spacial score (nSPS) is 13.9. The van der Waals surface area contributed by atoms with Gasteiger partial charge in [-0.15, -0.1) is 0 Å². The largest absolute Gasteiger partial charge is 0.459 e. The predicted octanol–water partition coefficient (Wildman–Crippen LogP) is 7.19. The van der Waals surface area contributed by atoms with E-state index in [-0.39, 0.29) is 19.1 Å². The molecule has 0 radical (unpaired) electrons. The molecule has 6 nitrogen and oxygen atoms in total. The molecule has 2 atom stereocenters. The molecule has 0 spiro atoms. The Morgan fingerprint density at radius 1 is 0.732 bits per heavy atom. The van der Waals surface area contributed by atoms with Crippen LogP contribution in [-0.4, -0.2) is 30.3 Å². The van der Waals surface area contributed by atoms with Crippen molar-refractivity contribution in [1.29, 1.82) is 0 Å². The molecule has 5 rings (SSSR count). The first-order valence-electron chi connectivity index (χ1n) is 13.8. The monoisotopic (exact) mass is 549 g/mol. The van der Waals surface area contributed by atoms with Crippen LogP contribution in [0.15, 0.2) is 109 Å². The lowest BCUT2D eigenvalue weighted by molar-refractivity contribution is -0.156. The standard InChI is InChI=1S/C35H35NO5/c1-35(2,3)41-32(25-16-8-5-9-17-25)31(33(37)39-22-24-14-6-4-7-15-24)36-34(38)40-23-30-28-20-12-10-18-26(28)27-19-11-13-21-29(27)30/h4-21,30-32H,22-23H2,1-3H3,(H,36,38)/t31-,32+/m0/s1. The molecule has 0 fully saturated rings. The minimum atomic E-state index is -1.14. The SMILES string of the molecule is CC(C)(C)O[C@H](c1ccccc1)[C@H](NC(=O)OCC1c2ccccc2-c2ccccc21)C(=O)OCc1ccccc1. The Balaban J connectivity index is 1.36. The molecule has 4 aromatic rings. The van der Waals surface area contributed by atoms with Crippen LogP contribution >= 0.6 is 0 Å². The molecule has 0 unspecified atom stereocenters. The van der Waals surface area contributed by atoms with Crippen molar-refractivity contribution in [3.05, 3.63) is 131 Å². The Morgan fingerprint density at radius 2 is 1.27 bits per heavy atom. The smallest absolute Gasteiger partial charge is 0.407 e. The zero-order chi connectivity index (χ0) is 28.8. The third-order valence-electron chi connectivity index (χ3n) is 7.01. The summed E-state index contributed by atoms with van der Waals surface area (Å²) in [6.07, 6.45) is -1.52. The van der Waals surface area contributed by atoms with Gasteiger partial charge < -0.3 is 19.5 Å².